The predicted molar refractivity (Wildman–Crippen MR) is 95.5 cm³/mol. The molecule has 1 fully saturated rings. The van der Waals surface area contributed by atoms with Gasteiger partial charge in [0, 0.05) is 30.6 Å². The number of para-hydroxylation sites is 1. The summed E-state index contributed by atoms with van der Waals surface area (Å²) in [5.74, 6) is 0.0753. The van der Waals surface area contributed by atoms with Gasteiger partial charge in [0.25, 0.3) is 5.91 Å². The molecule has 1 aromatic carbocycles. The summed E-state index contributed by atoms with van der Waals surface area (Å²) in [7, 11) is 1.69. The molecule has 2 aromatic rings. The molecule has 5 nitrogen and oxygen atoms in total. The summed E-state index contributed by atoms with van der Waals surface area (Å²) in [6.45, 7) is 4.73. The van der Waals surface area contributed by atoms with Crippen molar-refractivity contribution in [1.82, 2.24) is 9.88 Å². The third kappa shape index (κ3) is 3.06. The van der Waals surface area contributed by atoms with Crippen LogP contribution in [0, 0.1) is 0 Å². The van der Waals surface area contributed by atoms with Crippen LogP contribution in [-0.2, 0) is 4.79 Å². The lowest BCUT2D eigenvalue weighted by Crippen LogP contribution is -2.43. The maximum Gasteiger partial charge on any atom is 0.273 e. The van der Waals surface area contributed by atoms with Crippen molar-refractivity contribution in [2.75, 3.05) is 18.5 Å². The molecule has 0 bridgehead atoms. The number of nitrogens with zero attached hydrogens (tertiary/aromatic N) is 3. The molecule has 1 saturated heterocycles. The van der Waals surface area contributed by atoms with Crippen LogP contribution >= 0.6 is 11.3 Å². The minimum Gasteiger partial charge on any atom is -0.328 e. The molecule has 0 radical (unpaired) electrons. The average Bonchev–Trinajstić information content (AvgIpc) is 3.21. The van der Waals surface area contributed by atoms with Gasteiger partial charge in [0.05, 0.1) is 5.01 Å². The Morgan fingerprint density at radius 2 is 2.04 bits per heavy atom. The number of hydrogen-bond acceptors (Lipinski definition) is 4. The quantitative estimate of drug-likeness (QED) is 0.857. The van der Waals surface area contributed by atoms with Crippen molar-refractivity contribution in [3.8, 4) is 0 Å². The number of likely N-dealkylation sites (N-methyl/N-ethyl adjacent to an activating group) is 1. The summed E-state index contributed by atoms with van der Waals surface area (Å²) in [5, 5.41) is 2.72. The highest BCUT2D eigenvalue weighted by Crippen LogP contribution is 2.25. The van der Waals surface area contributed by atoms with Gasteiger partial charge < -0.3 is 9.80 Å². The minimum absolute atomic E-state index is 0.0311. The van der Waals surface area contributed by atoms with E-state index in [9.17, 15) is 9.59 Å². The van der Waals surface area contributed by atoms with Gasteiger partial charge in [-0.1, -0.05) is 32.0 Å². The molecule has 0 unspecified atom stereocenters. The number of rotatable bonds is 4. The molecule has 2 heterocycles. The van der Waals surface area contributed by atoms with E-state index in [1.807, 2.05) is 30.3 Å². The lowest BCUT2D eigenvalue weighted by Gasteiger charge is -2.23. The van der Waals surface area contributed by atoms with E-state index in [1.54, 1.807) is 17.3 Å². The fraction of sp³-hybridized carbons (Fsp3) is 0.389. The topological polar surface area (TPSA) is 53.5 Å². The summed E-state index contributed by atoms with van der Waals surface area (Å²) >= 11 is 1.49. The number of thiazole rings is 1. The maximum absolute atomic E-state index is 12.7. The highest BCUT2D eigenvalue weighted by atomic mass is 32.1. The Hall–Kier alpha value is -2.21. The molecule has 1 aromatic heterocycles. The fourth-order valence-electron chi connectivity index (χ4n) is 2.86. The molecule has 1 aliphatic rings. The summed E-state index contributed by atoms with van der Waals surface area (Å²) in [4.78, 5) is 33.1. The van der Waals surface area contributed by atoms with Gasteiger partial charge in [-0.3, -0.25) is 9.59 Å². The number of amides is 2. The van der Waals surface area contributed by atoms with Crippen LogP contribution in [0.15, 0.2) is 35.7 Å². The SMILES string of the molecule is CC(C)c1nc(C(=O)N(C)[C@H]2CCN(c3ccccc3)C2=O)cs1. The third-order valence-corrected chi connectivity index (χ3v) is 5.41. The fourth-order valence-corrected chi connectivity index (χ4v) is 3.67. The van der Waals surface area contributed by atoms with Crippen molar-refractivity contribution < 1.29 is 9.59 Å². The lowest BCUT2D eigenvalue weighted by atomic mass is 10.2. The monoisotopic (exact) mass is 343 g/mol. The van der Waals surface area contributed by atoms with Gasteiger partial charge >= 0.3 is 0 Å². The van der Waals surface area contributed by atoms with Crippen molar-refractivity contribution in [2.24, 2.45) is 0 Å². The van der Waals surface area contributed by atoms with Crippen LogP contribution in [0.2, 0.25) is 0 Å². The molecule has 2 amide bonds. The number of carbonyl (C=O) groups excluding carboxylic acids is 2. The Bertz CT molecular complexity index is 742. The van der Waals surface area contributed by atoms with Crippen molar-refractivity contribution >= 4 is 28.8 Å². The lowest BCUT2D eigenvalue weighted by molar-refractivity contribution is -0.120. The van der Waals surface area contributed by atoms with Crippen molar-refractivity contribution in [1.29, 1.82) is 0 Å². The van der Waals surface area contributed by atoms with Gasteiger partial charge in [-0.2, -0.15) is 0 Å². The van der Waals surface area contributed by atoms with Gasteiger partial charge in [0.15, 0.2) is 0 Å². The van der Waals surface area contributed by atoms with E-state index in [1.165, 1.54) is 16.2 Å². The molecular formula is C18H21N3O2S. The van der Waals surface area contributed by atoms with Gasteiger partial charge in [-0.05, 0) is 18.6 Å². The summed E-state index contributed by atoms with van der Waals surface area (Å²) < 4.78 is 0. The van der Waals surface area contributed by atoms with Crippen LogP contribution in [0.1, 0.15) is 41.7 Å². The summed E-state index contributed by atoms with van der Waals surface area (Å²) in [5.41, 5.74) is 1.30. The van der Waals surface area contributed by atoms with Crippen LogP contribution in [-0.4, -0.2) is 41.3 Å². The van der Waals surface area contributed by atoms with Crippen LogP contribution in [0.5, 0.6) is 0 Å². The molecule has 0 aliphatic carbocycles. The molecule has 0 saturated carbocycles. The van der Waals surface area contributed by atoms with Gasteiger partial charge in [0.2, 0.25) is 5.91 Å². The van der Waals surface area contributed by atoms with Crippen LogP contribution in [0.25, 0.3) is 0 Å². The second-order valence-corrected chi connectivity index (χ2v) is 7.16. The van der Waals surface area contributed by atoms with Crippen LogP contribution in [0.4, 0.5) is 5.69 Å². The standard InChI is InChI=1S/C18H21N3O2S/c1-12(2)16-19-14(11-24-16)17(22)20(3)15-9-10-21(18(15)23)13-7-5-4-6-8-13/h4-8,11-12,15H,9-10H2,1-3H3/t15-/m0/s1. The summed E-state index contributed by atoms with van der Waals surface area (Å²) in [6.07, 6.45) is 0.636. The molecule has 1 atom stereocenters. The number of hydrogen-bond donors (Lipinski definition) is 0. The third-order valence-electron chi connectivity index (χ3n) is 4.27. The number of benzene rings is 1. The Labute approximate surface area is 145 Å². The largest absolute Gasteiger partial charge is 0.328 e. The molecule has 6 heteroatoms. The van der Waals surface area contributed by atoms with Gasteiger partial charge in [-0.15, -0.1) is 11.3 Å². The second-order valence-electron chi connectivity index (χ2n) is 6.27. The predicted octanol–water partition coefficient (Wildman–Crippen LogP) is 3.14. The molecule has 1 aliphatic heterocycles. The zero-order chi connectivity index (χ0) is 17.3. The normalized spacial score (nSPS) is 17.6. The molecule has 3 rings (SSSR count). The number of carbonyl (C=O) groups is 2. The highest BCUT2D eigenvalue weighted by Gasteiger charge is 2.37. The molecule has 24 heavy (non-hydrogen) atoms. The van der Waals surface area contributed by atoms with E-state index >= 15 is 0 Å². The van der Waals surface area contributed by atoms with E-state index in [-0.39, 0.29) is 11.8 Å². The Morgan fingerprint density at radius 1 is 1.33 bits per heavy atom. The van der Waals surface area contributed by atoms with Crippen molar-refractivity contribution in [2.45, 2.75) is 32.2 Å². The van der Waals surface area contributed by atoms with Crippen molar-refractivity contribution in [3.63, 3.8) is 0 Å². The first-order valence-corrected chi connectivity index (χ1v) is 8.96. The first-order chi connectivity index (χ1) is 11.5. The van der Waals surface area contributed by atoms with E-state index in [0.29, 0.717) is 24.6 Å². The first-order valence-electron chi connectivity index (χ1n) is 8.08. The molecular weight excluding hydrogens is 322 g/mol. The maximum atomic E-state index is 12.7. The van der Waals surface area contributed by atoms with Gasteiger partial charge in [-0.25, -0.2) is 4.98 Å². The highest BCUT2D eigenvalue weighted by molar-refractivity contribution is 7.09. The Balaban J connectivity index is 1.74. The zero-order valence-electron chi connectivity index (χ0n) is 14.1. The van der Waals surface area contributed by atoms with E-state index in [0.717, 1.165) is 10.7 Å². The average molecular weight is 343 g/mol. The second kappa shape index (κ2) is 6.73. The summed E-state index contributed by atoms with van der Waals surface area (Å²) in [6, 6.07) is 9.14. The molecule has 0 spiro atoms. The number of anilines is 1. The Morgan fingerprint density at radius 3 is 2.67 bits per heavy atom. The molecule has 126 valence electrons. The molecule has 0 N–H and O–H groups in total. The first kappa shape index (κ1) is 16.6. The number of aromatic nitrogens is 1. The van der Waals surface area contributed by atoms with E-state index in [2.05, 4.69) is 18.8 Å². The smallest absolute Gasteiger partial charge is 0.273 e. The van der Waals surface area contributed by atoms with E-state index in [4.69, 9.17) is 0 Å². The van der Waals surface area contributed by atoms with E-state index < -0.39 is 6.04 Å². The van der Waals surface area contributed by atoms with Crippen molar-refractivity contribution in [3.05, 3.63) is 46.4 Å². The van der Waals surface area contributed by atoms with Crippen LogP contribution < -0.4 is 4.90 Å². The Kier molecular flexibility index (Phi) is 4.66. The minimum atomic E-state index is -0.429. The van der Waals surface area contributed by atoms with Crippen LogP contribution in [0.3, 0.4) is 0 Å². The van der Waals surface area contributed by atoms with Gasteiger partial charge in [0.1, 0.15) is 11.7 Å². The zero-order valence-corrected chi connectivity index (χ0v) is 14.9.